The van der Waals surface area contributed by atoms with Crippen molar-refractivity contribution < 1.29 is 9.53 Å². The normalized spacial score (nSPS) is 22.7. The molecule has 3 rings (SSSR count). The van der Waals surface area contributed by atoms with Crippen LogP contribution in [0, 0.1) is 19.3 Å². The third-order valence-electron chi connectivity index (χ3n) is 5.83. The minimum atomic E-state index is -0.0719. The Hall–Kier alpha value is -1.73. The first-order valence-electron chi connectivity index (χ1n) is 9.47. The van der Waals surface area contributed by atoms with Crippen LogP contribution in [0.2, 0.25) is 0 Å². The fraction of sp³-hybridized carbons (Fsp3) is 0.737. The van der Waals surface area contributed by atoms with Crippen LogP contribution in [0.3, 0.4) is 0 Å². The van der Waals surface area contributed by atoms with Crippen molar-refractivity contribution in [2.75, 3.05) is 44.8 Å². The molecule has 0 spiro atoms. The highest BCUT2D eigenvalue weighted by atomic mass is 16.5. The Kier molecular flexibility index (Phi) is 5.48. The molecule has 2 N–H and O–H groups in total. The van der Waals surface area contributed by atoms with Crippen molar-refractivity contribution in [2.45, 2.75) is 46.1 Å². The summed E-state index contributed by atoms with van der Waals surface area (Å²) in [6.45, 7) is 10.0. The van der Waals surface area contributed by atoms with Crippen molar-refractivity contribution in [3.63, 3.8) is 0 Å². The summed E-state index contributed by atoms with van der Waals surface area (Å²) in [6.07, 6.45) is 2.83. The monoisotopic (exact) mass is 361 g/mol. The van der Waals surface area contributed by atoms with Crippen molar-refractivity contribution >= 4 is 11.7 Å². The Bertz CT molecular complexity index is 670. The van der Waals surface area contributed by atoms with E-state index in [1.807, 2.05) is 18.7 Å². The summed E-state index contributed by atoms with van der Waals surface area (Å²) in [5.74, 6) is 1.09. The highest BCUT2D eigenvalue weighted by Crippen LogP contribution is 2.31. The maximum Gasteiger partial charge on any atom is 0.291 e. The standard InChI is InChI=1S/C19H31N5O2/c1-13-14(2)21-16(22-17(13)24-8-5-15(20)11-24)18(25)23-9-6-19(3,7-10-23)12-26-4/h15H,5-12,20H2,1-4H3/t15-/m1/s1. The molecule has 0 radical (unpaired) electrons. The third kappa shape index (κ3) is 3.83. The molecule has 2 saturated heterocycles. The number of hydrogen-bond donors (Lipinski definition) is 1. The van der Waals surface area contributed by atoms with E-state index in [2.05, 4.69) is 21.8 Å². The fourth-order valence-electron chi connectivity index (χ4n) is 3.88. The van der Waals surface area contributed by atoms with E-state index in [0.717, 1.165) is 69.1 Å². The summed E-state index contributed by atoms with van der Waals surface area (Å²) in [4.78, 5) is 26.2. The lowest BCUT2D eigenvalue weighted by Crippen LogP contribution is -2.44. The van der Waals surface area contributed by atoms with Gasteiger partial charge in [-0.3, -0.25) is 4.79 Å². The molecule has 0 saturated carbocycles. The van der Waals surface area contributed by atoms with Crippen molar-refractivity contribution in [2.24, 2.45) is 11.1 Å². The fourth-order valence-corrected chi connectivity index (χ4v) is 3.88. The van der Waals surface area contributed by atoms with Gasteiger partial charge < -0.3 is 20.3 Å². The number of piperidine rings is 1. The van der Waals surface area contributed by atoms with Crippen LogP contribution in [0.4, 0.5) is 5.82 Å². The number of carbonyl (C=O) groups is 1. The predicted molar refractivity (Wildman–Crippen MR) is 101 cm³/mol. The van der Waals surface area contributed by atoms with Gasteiger partial charge in [0.25, 0.3) is 5.91 Å². The number of ether oxygens (including phenoxy) is 1. The average molecular weight is 361 g/mol. The maximum absolute atomic E-state index is 13.0. The lowest BCUT2D eigenvalue weighted by atomic mass is 9.81. The zero-order valence-electron chi connectivity index (χ0n) is 16.4. The van der Waals surface area contributed by atoms with E-state index in [4.69, 9.17) is 10.5 Å². The summed E-state index contributed by atoms with van der Waals surface area (Å²) in [7, 11) is 1.73. The van der Waals surface area contributed by atoms with Crippen LogP contribution in [0.15, 0.2) is 0 Å². The summed E-state index contributed by atoms with van der Waals surface area (Å²) in [5.41, 5.74) is 8.08. The molecule has 0 unspecified atom stereocenters. The number of anilines is 1. The van der Waals surface area contributed by atoms with Gasteiger partial charge in [-0.1, -0.05) is 6.92 Å². The van der Waals surface area contributed by atoms with Gasteiger partial charge in [-0.25, -0.2) is 9.97 Å². The largest absolute Gasteiger partial charge is 0.384 e. The molecule has 0 aliphatic carbocycles. The SMILES string of the molecule is COCC1(C)CCN(C(=O)c2nc(C)c(C)c(N3CC[C@@H](N)C3)n2)CC1. The lowest BCUT2D eigenvalue weighted by molar-refractivity contribution is 0.0295. The molecule has 2 aliphatic rings. The van der Waals surface area contributed by atoms with E-state index in [9.17, 15) is 4.79 Å². The number of nitrogens with zero attached hydrogens (tertiary/aromatic N) is 4. The lowest BCUT2D eigenvalue weighted by Gasteiger charge is -2.38. The molecule has 1 aromatic rings. The Morgan fingerprint density at radius 2 is 1.96 bits per heavy atom. The molecule has 3 heterocycles. The minimum absolute atomic E-state index is 0.0719. The van der Waals surface area contributed by atoms with Gasteiger partial charge in [0.05, 0.1) is 6.61 Å². The number of likely N-dealkylation sites (tertiary alicyclic amines) is 1. The van der Waals surface area contributed by atoms with Crippen molar-refractivity contribution in [3.05, 3.63) is 17.1 Å². The van der Waals surface area contributed by atoms with Crippen LogP contribution in [0.1, 0.15) is 48.1 Å². The number of carbonyl (C=O) groups excluding carboxylic acids is 1. The topological polar surface area (TPSA) is 84.6 Å². The molecule has 7 nitrogen and oxygen atoms in total. The smallest absolute Gasteiger partial charge is 0.291 e. The van der Waals surface area contributed by atoms with Gasteiger partial charge in [-0.05, 0) is 38.5 Å². The molecular weight excluding hydrogens is 330 g/mol. The van der Waals surface area contributed by atoms with E-state index in [1.54, 1.807) is 7.11 Å². The predicted octanol–water partition coefficient (Wildman–Crippen LogP) is 1.52. The van der Waals surface area contributed by atoms with E-state index < -0.39 is 0 Å². The maximum atomic E-state index is 13.0. The molecule has 2 fully saturated rings. The van der Waals surface area contributed by atoms with Crippen LogP contribution in [-0.2, 0) is 4.74 Å². The molecule has 0 aromatic carbocycles. The Labute approximate surface area is 155 Å². The summed E-state index contributed by atoms with van der Waals surface area (Å²) >= 11 is 0. The molecule has 26 heavy (non-hydrogen) atoms. The number of methoxy groups -OCH3 is 1. The van der Waals surface area contributed by atoms with E-state index >= 15 is 0 Å². The zero-order chi connectivity index (χ0) is 18.9. The molecule has 7 heteroatoms. The molecule has 2 aliphatic heterocycles. The highest BCUT2D eigenvalue weighted by Gasteiger charge is 2.33. The summed E-state index contributed by atoms with van der Waals surface area (Å²) < 4.78 is 5.33. The number of amides is 1. The van der Waals surface area contributed by atoms with E-state index in [-0.39, 0.29) is 17.4 Å². The number of aryl methyl sites for hydroxylation is 1. The first-order valence-corrected chi connectivity index (χ1v) is 9.47. The minimum Gasteiger partial charge on any atom is -0.384 e. The summed E-state index contributed by atoms with van der Waals surface area (Å²) in [6, 6.07) is 0.171. The number of rotatable bonds is 4. The Morgan fingerprint density at radius 1 is 1.27 bits per heavy atom. The van der Waals surface area contributed by atoms with Gasteiger partial charge in [0.1, 0.15) is 5.82 Å². The molecular formula is C19H31N5O2. The molecule has 1 amide bonds. The van der Waals surface area contributed by atoms with Crippen LogP contribution in [-0.4, -0.2) is 66.7 Å². The molecule has 0 bridgehead atoms. The second-order valence-electron chi connectivity index (χ2n) is 8.11. The van der Waals surface area contributed by atoms with Gasteiger partial charge in [-0.15, -0.1) is 0 Å². The quantitative estimate of drug-likeness (QED) is 0.875. The van der Waals surface area contributed by atoms with Crippen molar-refractivity contribution in [3.8, 4) is 0 Å². The van der Waals surface area contributed by atoms with Gasteiger partial charge >= 0.3 is 0 Å². The third-order valence-corrected chi connectivity index (χ3v) is 5.83. The van der Waals surface area contributed by atoms with Crippen LogP contribution in [0.5, 0.6) is 0 Å². The van der Waals surface area contributed by atoms with E-state index in [1.165, 1.54) is 0 Å². The van der Waals surface area contributed by atoms with E-state index in [0.29, 0.717) is 5.82 Å². The van der Waals surface area contributed by atoms with Gasteiger partial charge in [0.2, 0.25) is 5.82 Å². The Morgan fingerprint density at radius 3 is 2.54 bits per heavy atom. The number of aromatic nitrogens is 2. The van der Waals surface area contributed by atoms with Gasteiger partial charge in [0, 0.05) is 50.6 Å². The van der Waals surface area contributed by atoms with Crippen molar-refractivity contribution in [1.82, 2.24) is 14.9 Å². The molecule has 1 atom stereocenters. The summed E-state index contributed by atoms with van der Waals surface area (Å²) in [5, 5.41) is 0. The second-order valence-corrected chi connectivity index (χ2v) is 8.11. The number of hydrogen-bond acceptors (Lipinski definition) is 6. The average Bonchev–Trinajstić information content (AvgIpc) is 3.03. The first-order chi connectivity index (χ1) is 12.3. The van der Waals surface area contributed by atoms with Crippen LogP contribution in [0.25, 0.3) is 0 Å². The first kappa shape index (κ1) is 19.0. The Balaban J connectivity index is 1.77. The van der Waals surface area contributed by atoms with Gasteiger partial charge in [0.15, 0.2) is 0 Å². The molecule has 144 valence electrons. The zero-order valence-corrected chi connectivity index (χ0v) is 16.4. The second kappa shape index (κ2) is 7.48. The molecule has 1 aromatic heterocycles. The number of nitrogens with two attached hydrogens (primary N) is 1. The van der Waals surface area contributed by atoms with Crippen molar-refractivity contribution in [1.29, 1.82) is 0 Å². The highest BCUT2D eigenvalue weighted by molar-refractivity contribution is 5.91. The van der Waals surface area contributed by atoms with Gasteiger partial charge in [-0.2, -0.15) is 0 Å². The van der Waals surface area contributed by atoms with Crippen LogP contribution < -0.4 is 10.6 Å². The van der Waals surface area contributed by atoms with Crippen LogP contribution >= 0.6 is 0 Å².